The number of amides is 1. The molecule has 0 unspecified atom stereocenters. The van der Waals surface area contributed by atoms with E-state index in [4.69, 9.17) is 0 Å². The summed E-state index contributed by atoms with van der Waals surface area (Å²) in [7, 11) is 0. The van der Waals surface area contributed by atoms with Crippen molar-refractivity contribution in [3.63, 3.8) is 0 Å². The Balaban J connectivity index is 1.79. The van der Waals surface area contributed by atoms with Crippen LogP contribution in [0.4, 0.5) is 11.4 Å². The van der Waals surface area contributed by atoms with E-state index in [9.17, 15) is 19.7 Å². The number of nitrogens with one attached hydrogen (secondary N) is 1. The molecule has 7 nitrogen and oxygen atoms in total. The topological polar surface area (TPSA) is 94.2 Å². The zero-order valence-electron chi connectivity index (χ0n) is 15.0. The van der Waals surface area contributed by atoms with Crippen molar-refractivity contribution < 1.29 is 9.72 Å². The normalized spacial score (nSPS) is 10.5. The molecule has 0 saturated carbocycles. The fourth-order valence-corrected chi connectivity index (χ4v) is 3.52. The van der Waals surface area contributed by atoms with Gasteiger partial charge in [-0.1, -0.05) is 42.1 Å². The van der Waals surface area contributed by atoms with Crippen LogP contribution in [0.3, 0.4) is 0 Å². The molecule has 0 aliphatic rings. The maximum Gasteiger partial charge on any atom is 0.286 e. The molecule has 0 fully saturated rings. The van der Waals surface area contributed by atoms with E-state index >= 15 is 0 Å². The average Bonchev–Trinajstić information content (AvgIpc) is 2.67. The van der Waals surface area contributed by atoms with Gasteiger partial charge in [-0.25, -0.2) is 0 Å². The SMILES string of the molecule is Cc1cc([N+](=O)[O-])cn(CC(=O)Nc2ccccc2Sc2ccccc2)c1=O. The maximum atomic E-state index is 12.5. The van der Waals surface area contributed by atoms with Crippen LogP contribution >= 0.6 is 11.8 Å². The Morgan fingerprint density at radius 1 is 1.14 bits per heavy atom. The minimum Gasteiger partial charge on any atom is -0.324 e. The van der Waals surface area contributed by atoms with E-state index in [2.05, 4.69) is 5.32 Å². The fraction of sp³-hybridized carbons (Fsp3) is 0.100. The van der Waals surface area contributed by atoms with Crippen molar-refractivity contribution in [2.75, 3.05) is 5.32 Å². The molecular weight excluding hydrogens is 378 g/mol. The van der Waals surface area contributed by atoms with Gasteiger partial charge >= 0.3 is 0 Å². The van der Waals surface area contributed by atoms with Crippen molar-refractivity contribution in [2.24, 2.45) is 0 Å². The molecule has 3 rings (SSSR count). The predicted octanol–water partition coefficient (Wildman–Crippen LogP) is 3.85. The zero-order chi connectivity index (χ0) is 20.1. The Morgan fingerprint density at radius 2 is 1.82 bits per heavy atom. The van der Waals surface area contributed by atoms with Crippen LogP contribution in [-0.2, 0) is 11.3 Å². The Kier molecular flexibility index (Phi) is 5.90. The van der Waals surface area contributed by atoms with Crippen LogP contribution in [0.25, 0.3) is 0 Å². The lowest BCUT2D eigenvalue weighted by molar-refractivity contribution is -0.385. The summed E-state index contributed by atoms with van der Waals surface area (Å²) >= 11 is 1.50. The second-order valence-corrected chi connectivity index (χ2v) is 7.15. The highest BCUT2D eigenvalue weighted by molar-refractivity contribution is 7.99. The van der Waals surface area contributed by atoms with Gasteiger partial charge in [0.05, 0.1) is 16.8 Å². The van der Waals surface area contributed by atoms with Crippen molar-refractivity contribution in [1.82, 2.24) is 4.57 Å². The van der Waals surface area contributed by atoms with Crippen molar-refractivity contribution in [2.45, 2.75) is 23.3 Å². The van der Waals surface area contributed by atoms with Gasteiger partial charge in [0, 0.05) is 21.4 Å². The Hall–Kier alpha value is -3.39. The number of carbonyl (C=O) groups excluding carboxylic acids is 1. The number of para-hydroxylation sites is 1. The second kappa shape index (κ2) is 8.53. The molecule has 0 atom stereocenters. The summed E-state index contributed by atoms with van der Waals surface area (Å²) in [6.07, 6.45) is 1.08. The van der Waals surface area contributed by atoms with Gasteiger partial charge in [-0.05, 0) is 31.2 Å². The highest BCUT2D eigenvalue weighted by atomic mass is 32.2. The molecule has 3 aromatic rings. The molecule has 8 heteroatoms. The molecule has 1 aromatic heterocycles. The zero-order valence-corrected chi connectivity index (χ0v) is 15.8. The van der Waals surface area contributed by atoms with Gasteiger partial charge in [-0.2, -0.15) is 0 Å². The van der Waals surface area contributed by atoms with Crippen LogP contribution in [-0.4, -0.2) is 15.4 Å². The number of pyridine rings is 1. The molecule has 1 amide bonds. The summed E-state index contributed by atoms with van der Waals surface area (Å²) in [5.41, 5.74) is 0.149. The van der Waals surface area contributed by atoms with Gasteiger partial charge in [-0.3, -0.25) is 24.3 Å². The van der Waals surface area contributed by atoms with E-state index in [0.29, 0.717) is 5.69 Å². The minimum atomic E-state index is -0.591. The first-order valence-electron chi connectivity index (χ1n) is 8.41. The number of nitrogens with zero attached hydrogens (tertiary/aromatic N) is 2. The summed E-state index contributed by atoms with van der Waals surface area (Å²) in [4.78, 5) is 37.0. The molecule has 0 aliphatic carbocycles. The van der Waals surface area contributed by atoms with E-state index in [0.717, 1.165) is 20.6 Å². The number of anilines is 1. The Bertz CT molecular complexity index is 1080. The third-order valence-corrected chi connectivity index (χ3v) is 4.99. The van der Waals surface area contributed by atoms with Gasteiger partial charge in [0.1, 0.15) is 6.54 Å². The minimum absolute atomic E-state index is 0.210. The third-order valence-electron chi connectivity index (χ3n) is 3.91. The molecule has 0 radical (unpaired) electrons. The number of carbonyl (C=O) groups is 1. The molecule has 1 heterocycles. The van der Waals surface area contributed by atoms with E-state index in [1.807, 2.05) is 42.5 Å². The third kappa shape index (κ3) is 4.66. The predicted molar refractivity (Wildman–Crippen MR) is 108 cm³/mol. The molecule has 0 bridgehead atoms. The first kappa shape index (κ1) is 19.4. The van der Waals surface area contributed by atoms with Gasteiger partial charge in [-0.15, -0.1) is 0 Å². The molecular formula is C20H17N3O4S. The Morgan fingerprint density at radius 3 is 2.54 bits per heavy atom. The highest BCUT2D eigenvalue weighted by Crippen LogP contribution is 2.33. The van der Waals surface area contributed by atoms with Crippen LogP contribution in [0.1, 0.15) is 5.56 Å². The molecule has 28 heavy (non-hydrogen) atoms. The van der Waals surface area contributed by atoms with Crippen LogP contribution < -0.4 is 10.9 Å². The van der Waals surface area contributed by atoms with Crippen LogP contribution in [0.2, 0.25) is 0 Å². The number of aryl methyl sites for hydroxylation is 1. The standard InChI is InChI=1S/C20H17N3O4S/c1-14-11-15(23(26)27)12-22(20(14)25)13-19(24)21-17-9-5-6-10-18(17)28-16-7-3-2-4-8-16/h2-12H,13H2,1H3,(H,21,24). The second-order valence-electron chi connectivity index (χ2n) is 6.03. The first-order valence-corrected chi connectivity index (χ1v) is 9.23. The van der Waals surface area contributed by atoms with Crippen molar-refractivity contribution >= 4 is 29.0 Å². The molecule has 142 valence electrons. The molecule has 1 N–H and O–H groups in total. The van der Waals surface area contributed by atoms with E-state index in [1.165, 1.54) is 24.8 Å². The first-order chi connectivity index (χ1) is 13.4. The molecule has 0 aliphatic heterocycles. The summed E-state index contributed by atoms with van der Waals surface area (Å²) in [5, 5.41) is 13.8. The smallest absolute Gasteiger partial charge is 0.286 e. The quantitative estimate of drug-likeness (QED) is 0.505. The maximum absolute atomic E-state index is 12.5. The number of benzene rings is 2. The van der Waals surface area contributed by atoms with Gasteiger partial charge < -0.3 is 5.32 Å². The summed E-state index contributed by atoms with van der Waals surface area (Å²) < 4.78 is 1.05. The van der Waals surface area contributed by atoms with Crippen LogP contribution in [0.5, 0.6) is 0 Å². The monoisotopic (exact) mass is 395 g/mol. The van der Waals surface area contributed by atoms with Gasteiger partial charge in [0.2, 0.25) is 5.91 Å². The van der Waals surface area contributed by atoms with E-state index < -0.39 is 16.4 Å². The number of nitro groups is 1. The summed E-state index contributed by atoms with van der Waals surface area (Å²) in [6, 6.07) is 18.2. The van der Waals surface area contributed by atoms with Crippen LogP contribution in [0.15, 0.2) is 81.4 Å². The largest absolute Gasteiger partial charge is 0.324 e. The lowest BCUT2D eigenvalue weighted by atomic mass is 10.3. The number of rotatable bonds is 6. The molecule has 0 spiro atoms. The van der Waals surface area contributed by atoms with Gasteiger partial charge in [0.25, 0.3) is 11.2 Å². The molecule has 0 saturated heterocycles. The summed E-state index contributed by atoms with van der Waals surface area (Å²) in [6.45, 7) is 1.17. The lowest BCUT2D eigenvalue weighted by Gasteiger charge is -2.12. The fourth-order valence-electron chi connectivity index (χ4n) is 2.60. The van der Waals surface area contributed by atoms with Crippen molar-refractivity contribution in [1.29, 1.82) is 0 Å². The average molecular weight is 395 g/mol. The van der Waals surface area contributed by atoms with Gasteiger partial charge in [0.15, 0.2) is 0 Å². The Labute approximate surface area is 165 Å². The number of hydrogen-bond acceptors (Lipinski definition) is 5. The van der Waals surface area contributed by atoms with Crippen molar-refractivity contribution in [3.05, 3.63) is 92.9 Å². The highest BCUT2D eigenvalue weighted by Gasteiger charge is 2.14. The number of aromatic nitrogens is 1. The van der Waals surface area contributed by atoms with Crippen LogP contribution in [0, 0.1) is 17.0 Å². The number of hydrogen-bond donors (Lipinski definition) is 1. The summed E-state index contributed by atoms with van der Waals surface area (Å²) in [5.74, 6) is -0.442. The lowest BCUT2D eigenvalue weighted by Crippen LogP contribution is -2.28. The molecule has 2 aromatic carbocycles. The van der Waals surface area contributed by atoms with Crippen molar-refractivity contribution in [3.8, 4) is 0 Å². The van der Waals surface area contributed by atoms with E-state index in [1.54, 1.807) is 12.1 Å². The van der Waals surface area contributed by atoms with E-state index in [-0.39, 0.29) is 17.8 Å².